The van der Waals surface area contributed by atoms with Gasteiger partial charge in [-0.3, -0.25) is 14.6 Å². The van der Waals surface area contributed by atoms with E-state index in [1.54, 1.807) is 16.5 Å². The van der Waals surface area contributed by atoms with Crippen molar-refractivity contribution < 1.29 is 14.0 Å². The summed E-state index contributed by atoms with van der Waals surface area (Å²) >= 11 is 1.43. The molecule has 4 rings (SSSR count). The second-order valence-electron chi connectivity index (χ2n) is 8.31. The number of hydrogen-bond donors (Lipinski definition) is 1. The van der Waals surface area contributed by atoms with Gasteiger partial charge >= 0.3 is 0 Å². The summed E-state index contributed by atoms with van der Waals surface area (Å²) in [5, 5.41) is 5.45. The molecule has 0 spiro atoms. The third-order valence-corrected chi connectivity index (χ3v) is 6.46. The minimum atomic E-state index is -0.368. The van der Waals surface area contributed by atoms with E-state index < -0.39 is 0 Å². The van der Waals surface area contributed by atoms with Crippen molar-refractivity contribution in [2.75, 3.05) is 13.1 Å². The number of nitrogens with one attached hydrogen (secondary N) is 1. The van der Waals surface area contributed by atoms with Crippen LogP contribution in [-0.4, -0.2) is 44.3 Å². The normalized spacial score (nSPS) is 10.8. The zero-order valence-corrected chi connectivity index (χ0v) is 20.9. The van der Waals surface area contributed by atoms with Crippen molar-refractivity contribution in [1.82, 2.24) is 24.8 Å². The average molecular weight is 506 g/mol. The summed E-state index contributed by atoms with van der Waals surface area (Å²) in [7, 11) is 0. The van der Waals surface area contributed by atoms with Gasteiger partial charge in [0.05, 0.1) is 13.1 Å². The molecule has 0 saturated carbocycles. The first-order valence-corrected chi connectivity index (χ1v) is 12.7. The highest BCUT2D eigenvalue weighted by Crippen LogP contribution is 2.16. The third kappa shape index (κ3) is 6.63. The Morgan fingerprint density at radius 3 is 2.69 bits per heavy atom. The zero-order valence-electron chi connectivity index (χ0n) is 20.1. The predicted molar refractivity (Wildman–Crippen MR) is 137 cm³/mol. The van der Waals surface area contributed by atoms with Gasteiger partial charge in [-0.1, -0.05) is 13.0 Å². The number of benzene rings is 1. The van der Waals surface area contributed by atoms with Gasteiger partial charge in [0.2, 0.25) is 0 Å². The fraction of sp³-hybridized carbons (Fsp3) is 0.259. The molecule has 0 aliphatic rings. The number of halogens is 1. The van der Waals surface area contributed by atoms with Crippen molar-refractivity contribution in [3.05, 3.63) is 106 Å². The minimum Gasteiger partial charge on any atom is -0.350 e. The maximum atomic E-state index is 13.3. The number of carbonyl (C=O) groups excluding carboxylic acids is 2. The largest absolute Gasteiger partial charge is 0.350 e. The Morgan fingerprint density at radius 2 is 1.94 bits per heavy atom. The first kappa shape index (κ1) is 25.2. The molecule has 3 heterocycles. The van der Waals surface area contributed by atoms with Gasteiger partial charge < -0.3 is 14.8 Å². The van der Waals surface area contributed by atoms with Crippen LogP contribution in [0.15, 0.2) is 72.4 Å². The van der Waals surface area contributed by atoms with Crippen LogP contribution in [0.3, 0.4) is 0 Å². The van der Waals surface area contributed by atoms with Gasteiger partial charge in [0.25, 0.3) is 11.8 Å². The summed E-state index contributed by atoms with van der Waals surface area (Å²) in [6, 6.07) is 15.2. The van der Waals surface area contributed by atoms with Crippen LogP contribution in [-0.2, 0) is 19.5 Å². The lowest BCUT2D eigenvalue weighted by Crippen LogP contribution is -2.32. The Balaban J connectivity index is 1.37. The van der Waals surface area contributed by atoms with Crippen LogP contribution >= 0.6 is 11.3 Å². The summed E-state index contributed by atoms with van der Waals surface area (Å²) in [4.78, 5) is 36.1. The van der Waals surface area contributed by atoms with Crippen LogP contribution in [0, 0.1) is 5.82 Å². The summed E-state index contributed by atoms with van der Waals surface area (Å²) in [5.41, 5.74) is 2.73. The minimum absolute atomic E-state index is 0.136. The predicted octanol–water partition coefficient (Wildman–Crippen LogP) is 4.55. The Labute approximate surface area is 213 Å². The monoisotopic (exact) mass is 505 g/mol. The number of amides is 2. The summed E-state index contributed by atoms with van der Waals surface area (Å²) in [5.74, 6) is -0.712. The Kier molecular flexibility index (Phi) is 8.57. The third-order valence-electron chi connectivity index (χ3n) is 5.63. The van der Waals surface area contributed by atoms with Crippen molar-refractivity contribution in [2.24, 2.45) is 0 Å². The zero-order chi connectivity index (χ0) is 25.3. The molecule has 7 nitrogen and oxygen atoms in total. The first-order chi connectivity index (χ1) is 17.5. The summed E-state index contributed by atoms with van der Waals surface area (Å²) in [6.45, 7) is 4.01. The Bertz CT molecular complexity index is 1290. The maximum absolute atomic E-state index is 13.3. The molecule has 4 aromatic rings. The van der Waals surface area contributed by atoms with Gasteiger partial charge in [-0.2, -0.15) is 0 Å². The van der Waals surface area contributed by atoms with Gasteiger partial charge in [-0.15, -0.1) is 11.3 Å². The number of rotatable bonds is 11. The van der Waals surface area contributed by atoms with E-state index in [-0.39, 0.29) is 17.6 Å². The molecule has 3 aromatic heterocycles. The van der Waals surface area contributed by atoms with E-state index in [0.29, 0.717) is 43.9 Å². The van der Waals surface area contributed by atoms with Crippen LogP contribution in [0.1, 0.15) is 50.6 Å². The Hall–Kier alpha value is -3.85. The van der Waals surface area contributed by atoms with E-state index in [0.717, 1.165) is 22.8 Å². The number of aromatic nitrogens is 3. The molecule has 0 fully saturated rings. The van der Waals surface area contributed by atoms with E-state index in [1.807, 2.05) is 48.0 Å². The summed E-state index contributed by atoms with van der Waals surface area (Å²) < 4.78 is 15.3. The van der Waals surface area contributed by atoms with E-state index in [4.69, 9.17) is 0 Å². The molecule has 0 bridgehead atoms. The van der Waals surface area contributed by atoms with E-state index in [9.17, 15) is 14.0 Å². The molecule has 2 amide bonds. The smallest absolute Gasteiger partial charge is 0.270 e. The van der Waals surface area contributed by atoms with Gasteiger partial charge in [0.1, 0.15) is 16.5 Å². The van der Waals surface area contributed by atoms with Crippen LogP contribution in [0.5, 0.6) is 0 Å². The quantitative estimate of drug-likeness (QED) is 0.324. The standard InChI is InChI=1S/C27H28FN5O2S/c1-2-15-33(27(35)20-8-10-21(28)11-9-20)17-23-7-5-16-32(23)18-25-31-24(19-36-25)26(34)30-14-12-22-6-3-4-13-29-22/h3-11,13,16,19H,2,12,14-15,17-18H2,1H3,(H,30,34). The topological polar surface area (TPSA) is 80.1 Å². The first-order valence-electron chi connectivity index (χ1n) is 11.8. The molecule has 0 radical (unpaired) electrons. The van der Waals surface area contributed by atoms with Crippen molar-refractivity contribution in [3.8, 4) is 0 Å². The maximum Gasteiger partial charge on any atom is 0.270 e. The van der Waals surface area contributed by atoms with Crippen LogP contribution in [0.4, 0.5) is 4.39 Å². The number of hydrogen-bond acceptors (Lipinski definition) is 5. The van der Waals surface area contributed by atoms with Crippen LogP contribution in [0.25, 0.3) is 0 Å². The van der Waals surface area contributed by atoms with Crippen molar-refractivity contribution in [2.45, 2.75) is 32.9 Å². The van der Waals surface area contributed by atoms with Gasteiger partial charge in [-0.05, 0) is 55.0 Å². The molecule has 36 heavy (non-hydrogen) atoms. The highest BCUT2D eigenvalue weighted by atomic mass is 32.1. The molecule has 0 saturated heterocycles. The lowest BCUT2D eigenvalue weighted by molar-refractivity contribution is 0.0739. The van der Waals surface area contributed by atoms with Crippen molar-refractivity contribution in [1.29, 1.82) is 0 Å². The molecule has 9 heteroatoms. The highest BCUT2D eigenvalue weighted by Gasteiger charge is 2.18. The SMILES string of the molecule is CCCN(Cc1cccn1Cc1nc(C(=O)NCCc2ccccn2)cs1)C(=O)c1ccc(F)cc1. The van der Waals surface area contributed by atoms with E-state index >= 15 is 0 Å². The fourth-order valence-corrected chi connectivity index (χ4v) is 4.59. The molecule has 1 N–H and O–H groups in total. The van der Waals surface area contributed by atoms with E-state index in [2.05, 4.69) is 15.3 Å². The molecular formula is C27H28FN5O2S. The molecule has 0 aliphatic heterocycles. The average Bonchev–Trinajstić information content (AvgIpc) is 3.54. The van der Waals surface area contributed by atoms with Gasteiger partial charge in [-0.25, -0.2) is 9.37 Å². The number of nitrogens with zero attached hydrogens (tertiary/aromatic N) is 4. The fourth-order valence-electron chi connectivity index (χ4n) is 3.81. The van der Waals surface area contributed by atoms with E-state index in [1.165, 1.54) is 35.6 Å². The van der Waals surface area contributed by atoms with Gasteiger partial charge in [0, 0.05) is 54.2 Å². The van der Waals surface area contributed by atoms with Crippen LogP contribution < -0.4 is 5.32 Å². The molecule has 1 aromatic carbocycles. The van der Waals surface area contributed by atoms with Gasteiger partial charge in [0.15, 0.2) is 0 Å². The number of pyridine rings is 1. The molecule has 0 atom stereocenters. The lowest BCUT2D eigenvalue weighted by Gasteiger charge is -2.23. The molecule has 0 unspecified atom stereocenters. The van der Waals surface area contributed by atoms with Crippen LogP contribution in [0.2, 0.25) is 0 Å². The van der Waals surface area contributed by atoms with Crippen molar-refractivity contribution >= 4 is 23.2 Å². The second kappa shape index (κ2) is 12.2. The molecular weight excluding hydrogens is 477 g/mol. The molecule has 186 valence electrons. The number of thiazole rings is 1. The molecule has 0 aliphatic carbocycles. The highest BCUT2D eigenvalue weighted by molar-refractivity contribution is 7.09. The summed E-state index contributed by atoms with van der Waals surface area (Å²) in [6.07, 6.45) is 5.13. The van der Waals surface area contributed by atoms with Crippen molar-refractivity contribution in [3.63, 3.8) is 0 Å². The Morgan fingerprint density at radius 1 is 1.11 bits per heavy atom. The number of carbonyl (C=O) groups is 2. The second-order valence-corrected chi connectivity index (χ2v) is 9.26. The lowest BCUT2D eigenvalue weighted by atomic mass is 10.2.